The van der Waals surface area contributed by atoms with Gasteiger partial charge in [0.2, 0.25) is 0 Å². The highest BCUT2D eigenvalue weighted by molar-refractivity contribution is 5.78. The maximum absolute atomic E-state index is 6.03. The van der Waals surface area contributed by atoms with Crippen molar-refractivity contribution in [1.29, 1.82) is 0 Å². The fourth-order valence-electron chi connectivity index (χ4n) is 2.59. The first-order valence-corrected chi connectivity index (χ1v) is 8.07. The maximum Gasteiger partial charge on any atom is 0.191 e. The fourth-order valence-corrected chi connectivity index (χ4v) is 2.59. The van der Waals surface area contributed by atoms with Gasteiger partial charge in [-0.1, -0.05) is 0 Å². The molecule has 2 heterocycles. The number of hydrogen-bond acceptors (Lipinski definition) is 4. The topological polar surface area (TPSA) is 61.0 Å². The number of aliphatic imine (C=N–C) groups is 1. The predicted octanol–water partition coefficient (Wildman–Crippen LogP) is 0.990. The molecule has 0 bridgehead atoms. The monoisotopic (exact) mass is 304 g/mol. The van der Waals surface area contributed by atoms with E-state index < -0.39 is 0 Å². The Morgan fingerprint density at radius 3 is 2.59 bits per heavy atom. The van der Waals surface area contributed by atoms with E-state index in [4.69, 9.17) is 5.73 Å². The van der Waals surface area contributed by atoms with Crippen LogP contribution in [0.5, 0.6) is 0 Å². The number of guanidine groups is 1. The average molecular weight is 304 g/mol. The summed E-state index contributed by atoms with van der Waals surface area (Å²) in [7, 11) is 2.16. The summed E-state index contributed by atoms with van der Waals surface area (Å²) in [5, 5.41) is 0. The molecule has 1 aromatic rings. The molecule has 1 fully saturated rings. The Hall–Kier alpha value is -1.82. The lowest BCUT2D eigenvalue weighted by Crippen LogP contribution is -2.44. The first-order chi connectivity index (χ1) is 10.6. The predicted molar refractivity (Wildman–Crippen MR) is 92.2 cm³/mol. The summed E-state index contributed by atoms with van der Waals surface area (Å²) in [6.45, 7) is 10.8. The van der Waals surface area contributed by atoms with Crippen LogP contribution in [-0.2, 0) is 6.54 Å². The number of piperazine rings is 1. The van der Waals surface area contributed by atoms with Crippen molar-refractivity contribution < 1.29 is 0 Å². The van der Waals surface area contributed by atoms with E-state index in [0.29, 0.717) is 12.5 Å². The summed E-state index contributed by atoms with van der Waals surface area (Å²) in [6.07, 6.45) is 1.87. The number of likely N-dealkylation sites (N-methyl/N-ethyl adjacent to an activating group) is 1. The third kappa shape index (κ3) is 4.34. The van der Waals surface area contributed by atoms with Crippen LogP contribution in [0.4, 0.5) is 5.82 Å². The molecule has 6 heteroatoms. The van der Waals surface area contributed by atoms with Crippen LogP contribution in [0.1, 0.15) is 19.4 Å². The van der Waals surface area contributed by atoms with Gasteiger partial charge in [0.05, 0.1) is 6.54 Å². The number of rotatable bonds is 5. The Morgan fingerprint density at radius 2 is 1.95 bits per heavy atom. The normalized spacial score (nSPS) is 16.9. The second-order valence-electron chi connectivity index (χ2n) is 5.66. The molecule has 0 radical (unpaired) electrons. The Kier molecular flexibility index (Phi) is 6.00. The smallest absolute Gasteiger partial charge is 0.191 e. The lowest BCUT2D eigenvalue weighted by molar-refractivity contribution is 0.312. The van der Waals surface area contributed by atoms with Crippen molar-refractivity contribution in [2.45, 2.75) is 20.4 Å². The minimum Gasteiger partial charge on any atom is -0.370 e. The van der Waals surface area contributed by atoms with E-state index in [2.05, 4.69) is 51.6 Å². The fraction of sp³-hybridized carbons (Fsp3) is 0.625. The van der Waals surface area contributed by atoms with Crippen LogP contribution in [0.2, 0.25) is 0 Å². The molecule has 1 aliphatic rings. The number of pyridine rings is 1. The van der Waals surface area contributed by atoms with E-state index in [1.165, 1.54) is 0 Å². The van der Waals surface area contributed by atoms with Gasteiger partial charge in [-0.3, -0.25) is 0 Å². The molecule has 0 spiro atoms. The highest BCUT2D eigenvalue weighted by Crippen LogP contribution is 2.15. The van der Waals surface area contributed by atoms with Crippen molar-refractivity contribution in [3.63, 3.8) is 0 Å². The molecule has 0 atom stereocenters. The van der Waals surface area contributed by atoms with Crippen molar-refractivity contribution in [3.05, 3.63) is 23.9 Å². The number of nitrogens with zero attached hydrogens (tertiary/aromatic N) is 5. The lowest BCUT2D eigenvalue weighted by atomic mass is 10.2. The third-order valence-corrected chi connectivity index (χ3v) is 4.15. The quantitative estimate of drug-likeness (QED) is 0.649. The van der Waals surface area contributed by atoms with E-state index in [1.807, 2.05) is 12.3 Å². The molecule has 1 saturated heterocycles. The van der Waals surface area contributed by atoms with Gasteiger partial charge in [-0.2, -0.15) is 0 Å². The zero-order valence-electron chi connectivity index (χ0n) is 14.0. The van der Waals surface area contributed by atoms with Gasteiger partial charge < -0.3 is 20.4 Å². The van der Waals surface area contributed by atoms with Crippen LogP contribution in [-0.4, -0.2) is 67.1 Å². The van der Waals surface area contributed by atoms with Gasteiger partial charge >= 0.3 is 0 Å². The second kappa shape index (κ2) is 7.98. The summed E-state index contributed by atoms with van der Waals surface area (Å²) >= 11 is 0. The van der Waals surface area contributed by atoms with Crippen molar-refractivity contribution in [2.24, 2.45) is 10.7 Å². The molecule has 0 amide bonds. The molecule has 0 aliphatic carbocycles. The Bertz CT molecular complexity index is 489. The van der Waals surface area contributed by atoms with Gasteiger partial charge in [-0.05, 0) is 38.6 Å². The number of anilines is 1. The van der Waals surface area contributed by atoms with Crippen LogP contribution in [0.15, 0.2) is 23.3 Å². The minimum atomic E-state index is 0.603. The van der Waals surface area contributed by atoms with Crippen LogP contribution >= 0.6 is 0 Å². The van der Waals surface area contributed by atoms with Gasteiger partial charge in [-0.15, -0.1) is 0 Å². The largest absolute Gasteiger partial charge is 0.370 e. The van der Waals surface area contributed by atoms with Crippen molar-refractivity contribution in [1.82, 2.24) is 14.8 Å². The van der Waals surface area contributed by atoms with Crippen LogP contribution in [0, 0.1) is 0 Å². The molecule has 0 unspecified atom stereocenters. The zero-order valence-corrected chi connectivity index (χ0v) is 14.0. The Balaban J connectivity index is 2.01. The maximum atomic E-state index is 6.03. The molecule has 122 valence electrons. The molecule has 6 nitrogen and oxygen atoms in total. The van der Waals surface area contributed by atoms with Crippen LogP contribution in [0.25, 0.3) is 0 Å². The van der Waals surface area contributed by atoms with E-state index in [1.54, 1.807) is 0 Å². The third-order valence-electron chi connectivity index (χ3n) is 4.15. The van der Waals surface area contributed by atoms with Gasteiger partial charge in [0.1, 0.15) is 5.82 Å². The van der Waals surface area contributed by atoms with E-state index in [0.717, 1.165) is 50.6 Å². The zero-order chi connectivity index (χ0) is 15.9. The van der Waals surface area contributed by atoms with Gasteiger partial charge in [0.25, 0.3) is 0 Å². The van der Waals surface area contributed by atoms with Crippen LogP contribution < -0.4 is 10.6 Å². The number of aromatic nitrogens is 1. The van der Waals surface area contributed by atoms with Crippen molar-refractivity contribution >= 4 is 11.8 Å². The second-order valence-corrected chi connectivity index (χ2v) is 5.66. The molecular formula is C16H28N6. The van der Waals surface area contributed by atoms with Gasteiger partial charge in [0, 0.05) is 45.5 Å². The molecule has 0 saturated carbocycles. The minimum absolute atomic E-state index is 0.603. The summed E-state index contributed by atoms with van der Waals surface area (Å²) < 4.78 is 0. The van der Waals surface area contributed by atoms with Gasteiger partial charge in [-0.25, -0.2) is 9.98 Å². The van der Waals surface area contributed by atoms with Crippen LogP contribution in [0.3, 0.4) is 0 Å². The first kappa shape index (κ1) is 16.5. The summed E-state index contributed by atoms with van der Waals surface area (Å²) in [6, 6.07) is 4.14. The molecule has 22 heavy (non-hydrogen) atoms. The number of hydrogen-bond donors (Lipinski definition) is 1. The molecule has 2 rings (SSSR count). The number of nitrogens with two attached hydrogens (primary N) is 1. The Morgan fingerprint density at radius 1 is 1.27 bits per heavy atom. The lowest BCUT2D eigenvalue weighted by Gasteiger charge is -2.33. The molecule has 1 aliphatic heterocycles. The highest BCUT2D eigenvalue weighted by atomic mass is 15.3. The molecule has 0 aromatic carbocycles. The van der Waals surface area contributed by atoms with Gasteiger partial charge in [0.15, 0.2) is 5.96 Å². The summed E-state index contributed by atoms with van der Waals surface area (Å²) in [4.78, 5) is 15.7. The molecule has 1 aromatic heterocycles. The van der Waals surface area contributed by atoms with E-state index >= 15 is 0 Å². The SMILES string of the molecule is CCN(CC)C(N)=NCc1ccnc(N2CCN(C)CC2)c1. The van der Waals surface area contributed by atoms with E-state index in [-0.39, 0.29) is 0 Å². The molecule has 2 N–H and O–H groups in total. The highest BCUT2D eigenvalue weighted by Gasteiger charge is 2.15. The Labute approximate surface area is 133 Å². The van der Waals surface area contributed by atoms with Crippen molar-refractivity contribution in [3.8, 4) is 0 Å². The average Bonchev–Trinajstić information content (AvgIpc) is 2.55. The van der Waals surface area contributed by atoms with Crippen molar-refractivity contribution in [2.75, 3.05) is 51.2 Å². The summed E-state index contributed by atoms with van der Waals surface area (Å²) in [5.74, 6) is 1.66. The first-order valence-electron chi connectivity index (χ1n) is 8.07. The summed E-state index contributed by atoms with van der Waals surface area (Å²) in [5.41, 5.74) is 7.18. The van der Waals surface area contributed by atoms with E-state index in [9.17, 15) is 0 Å². The standard InChI is InChI=1S/C16H28N6/c1-4-21(5-2)16(17)19-13-14-6-7-18-15(12-14)22-10-8-20(3)9-11-22/h6-7,12H,4-5,8-11,13H2,1-3H3,(H2,17,19). The molecular weight excluding hydrogens is 276 g/mol.